The summed E-state index contributed by atoms with van der Waals surface area (Å²) in [7, 11) is 0. The van der Waals surface area contributed by atoms with Gasteiger partial charge in [-0.3, -0.25) is 20.2 Å². The number of benzene rings is 1. The average molecular weight is 347 g/mol. The molecule has 24 heavy (non-hydrogen) atoms. The van der Waals surface area contributed by atoms with E-state index in [0.717, 1.165) is 25.0 Å². The highest BCUT2D eigenvalue weighted by Crippen LogP contribution is 2.32. The number of thiazole rings is 1. The Labute approximate surface area is 142 Å². The van der Waals surface area contributed by atoms with Crippen LogP contribution in [0, 0.1) is 16.0 Å². The molecule has 0 saturated carbocycles. The van der Waals surface area contributed by atoms with Crippen molar-refractivity contribution in [1.82, 2.24) is 4.98 Å². The van der Waals surface area contributed by atoms with E-state index in [2.05, 4.69) is 17.2 Å². The summed E-state index contributed by atoms with van der Waals surface area (Å²) in [6.07, 6.45) is 3.05. The van der Waals surface area contributed by atoms with Gasteiger partial charge in [0.15, 0.2) is 17.5 Å². The Morgan fingerprint density at radius 1 is 1.50 bits per heavy atom. The Balaban J connectivity index is 1.60. The van der Waals surface area contributed by atoms with Crippen LogP contribution >= 0.6 is 11.3 Å². The lowest BCUT2D eigenvalue weighted by atomic mass is 9.93. The van der Waals surface area contributed by atoms with E-state index in [0.29, 0.717) is 11.0 Å². The normalized spacial score (nSPS) is 16.3. The van der Waals surface area contributed by atoms with Gasteiger partial charge in [0.25, 0.3) is 5.91 Å². The number of nitrogens with one attached hydrogen (secondary N) is 1. The molecule has 0 radical (unpaired) electrons. The maximum absolute atomic E-state index is 12.0. The van der Waals surface area contributed by atoms with E-state index >= 15 is 0 Å². The minimum absolute atomic E-state index is 0.0740. The molecule has 1 aromatic heterocycles. The number of hydrogen-bond donors (Lipinski definition) is 1. The van der Waals surface area contributed by atoms with E-state index in [1.54, 1.807) is 12.1 Å². The molecule has 3 rings (SSSR count). The Bertz CT molecular complexity index is 774. The zero-order chi connectivity index (χ0) is 17.1. The van der Waals surface area contributed by atoms with Crippen LogP contribution in [-0.4, -0.2) is 22.4 Å². The number of anilines is 1. The number of aryl methyl sites for hydroxylation is 1. The third kappa shape index (κ3) is 3.70. The molecule has 1 heterocycles. The highest BCUT2D eigenvalue weighted by atomic mass is 32.1. The second-order valence-electron chi connectivity index (χ2n) is 5.80. The van der Waals surface area contributed by atoms with Crippen LogP contribution in [0.25, 0.3) is 0 Å². The molecule has 0 spiro atoms. The molecule has 8 heteroatoms. The van der Waals surface area contributed by atoms with Crippen molar-refractivity contribution in [3.05, 3.63) is 45.0 Å². The van der Waals surface area contributed by atoms with Crippen LogP contribution in [0.2, 0.25) is 0 Å². The molecule has 0 fully saturated rings. The summed E-state index contributed by atoms with van der Waals surface area (Å²) in [6.45, 7) is 1.91. The third-order valence-electron chi connectivity index (χ3n) is 3.85. The van der Waals surface area contributed by atoms with Crippen LogP contribution in [0.4, 0.5) is 10.8 Å². The van der Waals surface area contributed by atoms with Crippen LogP contribution in [0.1, 0.15) is 23.9 Å². The summed E-state index contributed by atoms with van der Waals surface area (Å²) in [5, 5.41) is 14.2. The molecule has 126 valence electrons. The minimum atomic E-state index is -0.538. The first-order chi connectivity index (χ1) is 11.5. The van der Waals surface area contributed by atoms with Gasteiger partial charge in [-0.25, -0.2) is 4.98 Å². The van der Waals surface area contributed by atoms with Crippen LogP contribution in [0.5, 0.6) is 5.75 Å². The highest BCUT2D eigenvalue weighted by Gasteiger charge is 2.21. The molecular weight excluding hydrogens is 330 g/mol. The van der Waals surface area contributed by atoms with E-state index in [9.17, 15) is 14.9 Å². The number of nitro groups is 1. The molecule has 1 atom stereocenters. The fourth-order valence-electron chi connectivity index (χ4n) is 2.62. The predicted octanol–water partition coefficient (Wildman–Crippen LogP) is 3.19. The minimum Gasteiger partial charge on any atom is -0.477 e. The summed E-state index contributed by atoms with van der Waals surface area (Å²) in [4.78, 5) is 28.1. The molecule has 0 bridgehead atoms. The Hall–Kier alpha value is -2.48. The fraction of sp³-hybridized carbons (Fsp3) is 0.375. The lowest BCUT2D eigenvalue weighted by molar-refractivity contribution is -0.385. The highest BCUT2D eigenvalue weighted by molar-refractivity contribution is 7.15. The SMILES string of the molecule is C[C@H]1CCc2nc(NC(=O)COc3ccccc3[N+](=O)[O-])sc2C1. The maximum atomic E-state index is 12.0. The number of carbonyl (C=O) groups is 1. The number of para-hydroxylation sites is 2. The van der Waals surface area contributed by atoms with Gasteiger partial charge in [0, 0.05) is 10.9 Å². The number of aromatic nitrogens is 1. The predicted molar refractivity (Wildman–Crippen MR) is 90.5 cm³/mol. The summed E-state index contributed by atoms with van der Waals surface area (Å²) in [5.41, 5.74) is 0.900. The lowest BCUT2D eigenvalue weighted by Gasteiger charge is -2.15. The van der Waals surface area contributed by atoms with Gasteiger partial charge in [0.05, 0.1) is 10.6 Å². The quantitative estimate of drug-likeness (QED) is 0.662. The summed E-state index contributed by atoms with van der Waals surface area (Å²) >= 11 is 1.49. The van der Waals surface area contributed by atoms with Crippen molar-refractivity contribution in [2.24, 2.45) is 5.92 Å². The lowest BCUT2D eigenvalue weighted by Crippen LogP contribution is -2.20. The molecule has 1 aliphatic carbocycles. The maximum Gasteiger partial charge on any atom is 0.310 e. The zero-order valence-corrected chi connectivity index (χ0v) is 14.0. The van der Waals surface area contributed by atoms with Crippen LogP contribution in [-0.2, 0) is 17.6 Å². The van der Waals surface area contributed by atoms with Gasteiger partial charge in [0.2, 0.25) is 0 Å². The molecule has 1 N–H and O–H groups in total. The fourth-order valence-corrected chi connectivity index (χ4v) is 3.81. The van der Waals surface area contributed by atoms with Crippen molar-refractivity contribution < 1.29 is 14.5 Å². The van der Waals surface area contributed by atoms with Crippen molar-refractivity contribution >= 4 is 28.1 Å². The summed E-state index contributed by atoms with van der Waals surface area (Å²) in [6, 6.07) is 5.97. The van der Waals surface area contributed by atoms with Gasteiger partial charge in [0.1, 0.15) is 0 Å². The number of carbonyl (C=O) groups excluding carboxylic acids is 1. The van der Waals surface area contributed by atoms with Gasteiger partial charge in [-0.15, -0.1) is 11.3 Å². The number of ether oxygens (including phenoxy) is 1. The first kappa shape index (κ1) is 16.4. The monoisotopic (exact) mass is 347 g/mol. The molecule has 2 aromatic rings. The number of nitrogens with zero attached hydrogens (tertiary/aromatic N) is 2. The van der Waals surface area contributed by atoms with Gasteiger partial charge < -0.3 is 4.74 Å². The average Bonchev–Trinajstić information content (AvgIpc) is 2.94. The van der Waals surface area contributed by atoms with Crippen molar-refractivity contribution in [2.75, 3.05) is 11.9 Å². The second kappa shape index (κ2) is 6.96. The van der Waals surface area contributed by atoms with Crippen LogP contribution in [0.15, 0.2) is 24.3 Å². The molecule has 1 amide bonds. The molecule has 0 aliphatic heterocycles. The third-order valence-corrected chi connectivity index (χ3v) is 4.89. The largest absolute Gasteiger partial charge is 0.477 e. The Kier molecular flexibility index (Phi) is 4.75. The standard InChI is InChI=1S/C16H17N3O4S/c1-10-6-7-11-14(8-10)24-16(17-11)18-15(20)9-23-13-5-3-2-4-12(13)19(21)22/h2-5,10H,6-9H2,1H3,(H,17,18,20)/t10-/m0/s1. The van der Waals surface area contributed by atoms with Gasteiger partial charge in [-0.05, 0) is 31.2 Å². The first-order valence-corrected chi connectivity index (χ1v) is 8.49. The molecule has 0 unspecified atom stereocenters. The second-order valence-corrected chi connectivity index (χ2v) is 6.88. The van der Waals surface area contributed by atoms with Crippen molar-refractivity contribution in [2.45, 2.75) is 26.2 Å². The van der Waals surface area contributed by atoms with Crippen molar-refractivity contribution in [1.29, 1.82) is 0 Å². The first-order valence-electron chi connectivity index (χ1n) is 7.67. The number of nitro benzene ring substituents is 1. The number of fused-ring (bicyclic) bond motifs is 1. The van der Waals surface area contributed by atoms with Crippen molar-refractivity contribution in [3.63, 3.8) is 0 Å². The van der Waals surface area contributed by atoms with E-state index in [-0.39, 0.29) is 24.0 Å². The van der Waals surface area contributed by atoms with Gasteiger partial charge >= 0.3 is 5.69 Å². The van der Waals surface area contributed by atoms with Crippen LogP contribution in [0.3, 0.4) is 0 Å². The topological polar surface area (TPSA) is 94.4 Å². The Morgan fingerprint density at radius 3 is 3.08 bits per heavy atom. The Morgan fingerprint density at radius 2 is 2.29 bits per heavy atom. The molecule has 7 nitrogen and oxygen atoms in total. The molecule has 0 saturated heterocycles. The number of hydrogen-bond acceptors (Lipinski definition) is 6. The molecule has 1 aliphatic rings. The smallest absolute Gasteiger partial charge is 0.310 e. The van der Waals surface area contributed by atoms with Gasteiger partial charge in [-0.2, -0.15) is 0 Å². The number of amides is 1. The zero-order valence-electron chi connectivity index (χ0n) is 13.2. The van der Waals surface area contributed by atoms with Gasteiger partial charge in [-0.1, -0.05) is 19.1 Å². The van der Waals surface area contributed by atoms with E-state index in [4.69, 9.17) is 4.74 Å². The molecule has 1 aromatic carbocycles. The van der Waals surface area contributed by atoms with E-state index in [1.165, 1.54) is 28.3 Å². The van der Waals surface area contributed by atoms with Crippen molar-refractivity contribution in [3.8, 4) is 5.75 Å². The summed E-state index contributed by atoms with van der Waals surface area (Å²) < 4.78 is 5.27. The van der Waals surface area contributed by atoms with E-state index < -0.39 is 4.92 Å². The molecular formula is C16H17N3O4S. The van der Waals surface area contributed by atoms with Crippen LogP contribution < -0.4 is 10.1 Å². The summed E-state index contributed by atoms with van der Waals surface area (Å²) in [5.74, 6) is 0.334. The van der Waals surface area contributed by atoms with E-state index in [1.807, 2.05) is 0 Å². The number of rotatable bonds is 5.